The largest absolute Gasteiger partial charge is 0.354 e. The van der Waals surface area contributed by atoms with Crippen LogP contribution in [-0.2, 0) is 17.8 Å². The standard InChI is InChI=1S/C23H25N3O2/c1-17-10-11-20(15-18(17)2)21-12-13-23(28)26(25-21)16-22(27)24-14-6-9-19-7-4-3-5-8-19/h3-5,7-8,10-13,15H,6,9,14,16H2,1-2H3,(H,24,27). The summed E-state index contributed by atoms with van der Waals surface area (Å²) in [5.74, 6) is -0.208. The van der Waals surface area contributed by atoms with Crippen LogP contribution in [0.5, 0.6) is 0 Å². The number of aromatic nitrogens is 2. The fourth-order valence-corrected chi connectivity index (χ4v) is 2.97. The van der Waals surface area contributed by atoms with E-state index in [1.54, 1.807) is 6.07 Å². The Kier molecular flexibility index (Phi) is 6.37. The Balaban J connectivity index is 1.59. The van der Waals surface area contributed by atoms with Gasteiger partial charge in [0.2, 0.25) is 5.91 Å². The third kappa shape index (κ3) is 5.16. The molecule has 144 valence electrons. The molecule has 0 unspecified atom stereocenters. The summed E-state index contributed by atoms with van der Waals surface area (Å²) in [6.45, 7) is 4.58. The van der Waals surface area contributed by atoms with Crippen LogP contribution >= 0.6 is 0 Å². The lowest BCUT2D eigenvalue weighted by Gasteiger charge is -2.09. The van der Waals surface area contributed by atoms with Crippen LogP contribution in [0.4, 0.5) is 0 Å². The van der Waals surface area contributed by atoms with E-state index in [-0.39, 0.29) is 18.0 Å². The van der Waals surface area contributed by atoms with Crippen molar-refractivity contribution in [2.75, 3.05) is 6.54 Å². The maximum absolute atomic E-state index is 12.2. The number of benzene rings is 2. The lowest BCUT2D eigenvalue weighted by Crippen LogP contribution is -2.34. The first-order chi connectivity index (χ1) is 13.5. The van der Waals surface area contributed by atoms with Gasteiger partial charge in [-0.2, -0.15) is 5.10 Å². The van der Waals surface area contributed by atoms with Gasteiger partial charge in [0.1, 0.15) is 6.54 Å². The van der Waals surface area contributed by atoms with Crippen molar-refractivity contribution >= 4 is 5.91 Å². The van der Waals surface area contributed by atoms with Gasteiger partial charge in [0.05, 0.1) is 5.69 Å². The lowest BCUT2D eigenvalue weighted by molar-refractivity contribution is -0.121. The second-order valence-corrected chi connectivity index (χ2v) is 6.95. The van der Waals surface area contributed by atoms with Crippen LogP contribution in [0.15, 0.2) is 65.5 Å². The normalized spacial score (nSPS) is 10.6. The van der Waals surface area contributed by atoms with Gasteiger partial charge in [0, 0.05) is 18.2 Å². The maximum Gasteiger partial charge on any atom is 0.267 e. The van der Waals surface area contributed by atoms with Crippen LogP contribution in [0.2, 0.25) is 0 Å². The highest BCUT2D eigenvalue weighted by atomic mass is 16.2. The summed E-state index contributed by atoms with van der Waals surface area (Å²) < 4.78 is 1.22. The quantitative estimate of drug-likeness (QED) is 0.645. The van der Waals surface area contributed by atoms with E-state index in [1.165, 1.54) is 21.9 Å². The predicted octanol–water partition coefficient (Wildman–Crippen LogP) is 3.28. The number of rotatable bonds is 7. The monoisotopic (exact) mass is 375 g/mol. The van der Waals surface area contributed by atoms with Gasteiger partial charge in [-0.15, -0.1) is 0 Å². The molecule has 3 rings (SSSR count). The zero-order valence-electron chi connectivity index (χ0n) is 16.3. The van der Waals surface area contributed by atoms with Crippen LogP contribution in [0.3, 0.4) is 0 Å². The minimum absolute atomic E-state index is 0.0805. The molecule has 0 radical (unpaired) electrons. The van der Waals surface area contributed by atoms with Crippen LogP contribution < -0.4 is 10.9 Å². The molecule has 5 heteroatoms. The molecular weight excluding hydrogens is 350 g/mol. The molecule has 0 atom stereocenters. The number of nitrogens with one attached hydrogen (secondary N) is 1. The van der Waals surface area contributed by atoms with Crippen molar-refractivity contribution in [1.29, 1.82) is 0 Å². The van der Waals surface area contributed by atoms with Gasteiger partial charge < -0.3 is 5.32 Å². The molecule has 1 aromatic heterocycles. The van der Waals surface area contributed by atoms with E-state index in [9.17, 15) is 9.59 Å². The van der Waals surface area contributed by atoms with Gasteiger partial charge in [-0.1, -0.05) is 42.5 Å². The fraction of sp³-hybridized carbons (Fsp3) is 0.261. The highest BCUT2D eigenvalue weighted by Gasteiger charge is 2.08. The first-order valence-corrected chi connectivity index (χ1v) is 9.49. The molecule has 1 heterocycles. The average molecular weight is 375 g/mol. The Morgan fingerprint density at radius 2 is 1.79 bits per heavy atom. The van der Waals surface area contributed by atoms with Gasteiger partial charge in [-0.25, -0.2) is 4.68 Å². The van der Waals surface area contributed by atoms with Crippen molar-refractivity contribution in [1.82, 2.24) is 15.1 Å². The third-order valence-corrected chi connectivity index (χ3v) is 4.77. The summed E-state index contributed by atoms with van der Waals surface area (Å²) >= 11 is 0. The van der Waals surface area contributed by atoms with E-state index in [0.717, 1.165) is 24.0 Å². The maximum atomic E-state index is 12.2. The Labute approximate surface area is 165 Å². The van der Waals surface area contributed by atoms with Crippen molar-refractivity contribution in [3.63, 3.8) is 0 Å². The van der Waals surface area contributed by atoms with Crippen molar-refractivity contribution < 1.29 is 4.79 Å². The molecular formula is C23H25N3O2. The van der Waals surface area contributed by atoms with Crippen molar-refractivity contribution in [2.45, 2.75) is 33.2 Å². The van der Waals surface area contributed by atoms with E-state index in [1.807, 2.05) is 43.3 Å². The molecule has 2 aromatic carbocycles. The molecule has 0 aliphatic heterocycles. The molecule has 28 heavy (non-hydrogen) atoms. The molecule has 0 fully saturated rings. The summed E-state index contributed by atoms with van der Waals surface area (Å²) in [4.78, 5) is 24.3. The van der Waals surface area contributed by atoms with Gasteiger partial charge in [-0.3, -0.25) is 9.59 Å². The average Bonchev–Trinajstić information content (AvgIpc) is 2.70. The lowest BCUT2D eigenvalue weighted by atomic mass is 10.0. The highest BCUT2D eigenvalue weighted by molar-refractivity contribution is 5.75. The number of aryl methyl sites for hydroxylation is 3. The van der Waals surface area contributed by atoms with Crippen molar-refractivity contribution in [3.05, 3.63) is 87.7 Å². The van der Waals surface area contributed by atoms with Crippen LogP contribution in [0.25, 0.3) is 11.3 Å². The van der Waals surface area contributed by atoms with Crippen molar-refractivity contribution in [3.8, 4) is 11.3 Å². The summed E-state index contributed by atoms with van der Waals surface area (Å²) in [6.07, 6.45) is 1.75. The number of nitrogens with zero attached hydrogens (tertiary/aromatic N) is 2. The van der Waals surface area contributed by atoms with E-state index in [2.05, 4.69) is 29.5 Å². The first kappa shape index (κ1) is 19.5. The van der Waals surface area contributed by atoms with Gasteiger partial charge in [0.15, 0.2) is 0 Å². The molecule has 1 N–H and O–H groups in total. The zero-order valence-corrected chi connectivity index (χ0v) is 16.3. The molecule has 0 spiro atoms. The number of carbonyl (C=O) groups excluding carboxylic acids is 1. The number of amides is 1. The second kappa shape index (κ2) is 9.13. The van der Waals surface area contributed by atoms with Gasteiger partial charge >= 0.3 is 0 Å². The molecule has 5 nitrogen and oxygen atoms in total. The van der Waals surface area contributed by atoms with Crippen molar-refractivity contribution in [2.24, 2.45) is 0 Å². The molecule has 0 saturated heterocycles. The molecule has 1 amide bonds. The minimum Gasteiger partial charge on any atom is -0.354 e. The predicted molar refractivity (Wildman–Crippen MR) is 111 cm³/mol. The molecule has 0 saturated carbocycles. The Morgan fingerprint density at radius 3 is 2.54 bits per heavy atom. The Hall–Kier alpha value is -3.21. The Bertz CT molecular complexity index is 1010. The van der Waals surface area contributed by atoms with Crippen LogP contribution in [0, 0.1) is 13.8 Å². The van der Waals surface area contributed by atoms with Gasteiger partial charge in [-0.05, 0) is 55.5 Å². The van der Waals surface area contributed by atoms with E-state index in [0.29, 0.717) is 12.2 Å². The summed E-state index contributed by atoms with van der Waals surface area (Å²) in [7, 11) is 0. The topological polar surface area (TPSA) is 64.0 Å². The summed E-state index contributed by atoms with van der Waals surface area (Å²) in [5.41, 5.74) is 4.93. The first-order valence-electron chi connectivity index (χ1n) is 9.49. The smallest absolute Gasteiger partial charge is 0.267 e. The highest BCUT2D eigenvalue weighted by Crippen LogP contribution is 2.19. The summed E-state index contributed by atoms with van der Waals surface area (Å²) in [6, 6.07) is 19.3. The molecule has 0 bridgehead atoms. The van der Waals surface area contributed by atoms with E-state index < -0.39 is 0 Å². The SMILES string of the molecule is Cc1ccc(-c2ccc(=O)n(CC(=O)NCCCc3ccccc3)n2)cc1C. The second-order valence-electron chi connectivity index (χ2n) is 6.95. The summed E-state index contributed by atoms with van der Waals surface area (Å²) in [5, 5.41) is 7.24. The number of hydrogen-bond acceptors (Lipinski definition) is 3. The number of carbonyl (C=O) groups is 1. The third-order valence-electron chi connectivity index (χ3n) is 4.77. The van der Waals surface area contributed by atoms with E-state index in [4.69, 9.17) is 0 Å². The van der Waals surface area contributed by atoms with Crippen LogP contribution in [0.1, 0.15) is 23.1 Å². The molecule has 3 aromatic rings. The molecule has 0 aliphatic carbocycles. The zero-order chi connectivity index (χ0) is 19.9. The molecule has 0 aliphatic rings. The minimum atomic E-state index is -0.285. The fourth-order valence-electron chi connectivity index (χ4n) is 2.97. The Morgan fingerprint density at radius 1 is 1.00 bits per heavy atom. The van der Waals surface area contributed by atoms with Gasteiger partial charge in [0.25, 0.3) is 5.56 Å². The van der Waals surface area contributed by atoms with Crippen LogP contribution in [-0.4, -0.2) is 22.2 Å². The van der Waals surface area contributed by atoms with E-state index >= 15 is 0 Å². The number of hydrogen-bond donors (Lipinski definition) is 1.